The highest BCUT2D eigenvalue weighted by atomic mass is 32.2. The number of carbonyl (C=O) groups excluding carboxylic acids is 1. The van der Waals surface area contributed by atoms with Gasteiger partial charge in [0.2, 0.25) is 5.91 Å². The molecule has 0 atom stereocenters. The molecule has 4 aromatic rings. The number of nitrogens with one attached hydrogen (secondary N) is 1. The first-order chi connectivity index (χ1) is 15.0. The van der Waals surface area contributed by atoms with E-state index in [-0.39, 0.29) is 23.0 Å². The van der Waals surface area contributed by atoms with E-state index >= 15 is 0 Å². The predicted octanol–water partition coefficient (Wildman–Crippen LogP) is 4.79. The third kappa shape index (κ3) is 5.69. The molecule has 0 unspecified atom stereocenters. The molecule has 0 aliphatic carbocycles. The topological polar surface area (TPSA) is 89.0 Å². The Hall–Kier alpha value is -2.75. The number of thiazole rings is 1. The highest BCUT2D eigenvalue weighted by molar-refractivity contribution is 8.00. The van der Waals surface area contributed by atoms with Gasteiger partial charge in [0.05, 0.1) is 20.9 Å². The van der Waals surface area contributed by atoms with Gasteiger partial charge < -0.3 is 5.32 Å². The molecule has 1 amide bonds. The van der Waals surface area contributed by atoms with Crippen LogP contribution in [0.25, 0.3) is 10.2 Å². The van der Waals surface area contributed by atoms with Gasteiger partial charge in [0.25, 0.3) is 0 Å². The molecular formula is C22H19N3O3S3. The van der Waals surface area contributed by atoms with E-state index in [1.807, 2.05) is 30.5 Å². The SMILES string of the molecule is O=C(CCS(=O)(=O)c1ccccc1)Nc1ccc2nc(SCc3cccnc3)sc2c1. The molecule has 0 aliphatic rings. The Morgan fingerprint density at radius 3 is 2.68 bits per heavy atom. The highest BCUT2D eigenvalue weighted by Gasteiger charge is 2.16. The first-order valence-electron chi connectivity index (χ1n) is 9.49. The number of benzene rings is 2. The van der Waals surface area contributed by atoms with Crippen LogP contribution in [0.5, 0.6) is 0 Å². The van der Waals surface area contributed by atoms with Crippen LogP contribution in [0.4, 0.5) is 5.69 Å². The molecule has 0 spiro atoms. The number of pyridine rings is 1. The van der Waals surface area contributed by atoms with Crippen molar-refractivity contribution in [1.82, 2.24) is 9.97 Å². The van der Waals surface area contributed by atoms with Crippen molar-refractivity contribution in [1.29, 1.82) is 0 Å². The average molecular weight is 470 g/mol. The molecule has 0 bridgehead atoms. The number of fused-ring (bicyclic) bond motifs is 1. The molecule has 0 saturated heterocycles. The average Bonchev–Trinajstić information content (AvgIpc) is 3.20. The number of thioether (sulfide) groups is 1. The summed E-state index contributed by atoms with van der Waals surface area (Å²) in [6.07, 6.45) is 3.48. The molecule has 2 aromatic heterocycles. The molecule has 1 N–H and O–H groups in total. The van der Waals surface area contributed by atoms with E-state index in [1.165, 1.54) is 12.1 Å². The summed E-state index contributed by atoms with van der Waals surface area (Å²) in [5.74, 6) is 0.211. The van der Waals surface area contributed by atoms with Gasteiger partial charge in [-0.3, -0.25) is 9.78 Å². The Labute approximate surface area is 188 Å². The van der Waals surface area contributed by atoms with E-state index in [4.69, 9.17) is 0 Å². The van der Waals surface area contributed by atoms with Crippen molar-refractivity contribution in [2.45, 2.75) is 21.4 Å². The van der Waals surface area contributed by atoms with E-state index in [0.29, 0.717) is 5.69 Å². The Balaban J connectivity index is 1.36. The summed E-state index contributed by atoms with van der Waals surface area (Å²) in [5, 5.41) is 2.79. The van der Waals surface area contributed by atoms with Crippen LogP contribution < -0.4 is 5.32 Å². The fourth-order valence-corrected chi connectivity index (χ4v) is 6.17. The number of rotatable bonds is 8. The van der Waals surface area contributed by atoms with E-state index in [0.717, 1.165) is 25.9 Å². The molecule has 4 rings (SSSR count). The second kappa shape index (κ2) is 9.59. The van der Waals surface area contributed by atoms with Crippen LogP contribution in [0.15, 0.2) is 82.3 Å². The van der Waals surface area contributed by atoms with Crippen molar-refractivity contribution in [3.63, 3.8) is 0 Å². The number of amides is 1. The number of hydrogen-bond acceptors (Lipinski definition) is 7. The number of hydrogen-bond donors (Lipinski definition) is 1. The molecule has 0 aliphatic heterocycles. The number of aromatic nitrogens is 2. The predicted molar refractivity (Wildman–Crippen MR) is 125 cm³/mol. The van der Waals surface area contributed by atoms with Crippen LogP contribution in [-0.2, 0) is 20.4 Å². The van der Waals surface area contributed by atoms with Gasteiger partial charge in [0.15, 0.2) is 14.2 Å². The Bertz CT molecular complexity index is 1290. The zero-order valence-corrected chi connectivity index (χ0v) is 18.8. The summed E-state index contributed by atoms with van der Waals surface area (Å²) in [4.78, 5) is 21.3. The van der Waals surface area contributed by atoms with Gasteiger partial charge in [-0.25, -0.2) is 13.4 Å². The molecule has 31 heavy (non-hydrogen) atoms. The summed E-state index contributed by atoms with van der Waals surface area (Å²) in [6.45, 7) is 0. The van der Waals surface area contributed by atoms with Crippen molar-refractivity contribution in [3.8, 4) is 0 Å². The van der Waals surface area contributed by atoms with Gasteiger partial charge in [-0.1, -0.05) is 36.0 Å². The quantitative estimate of drug-likeness (QED) is 0.373. The minimum atomic E-state index is -3.48. The lowest BCUT2D eigenvalue weighted by Crippen LogP contribution is -2.17. The van der Waals surface area contributed by atoms with Crippen molar-refractivity contribution in [2.24, 2.45) is 0 Å². The summed E-state index contributed by atoms with van der Waals surface area (Å²) >= 11 is 3.20. The van der Waals surface area contributed by atoms with Crippen LogP contribution in [-0.4, -0.2) is 30.0 Å². The lowest BCUT2D eigenvalue weighted by molar-refractivity contribution is -0.115. The van der Waals surface area contributed by atoms with Gasteiger partial charge in [0, 0.05) is 30.3 Å². The summed E-state index contributed by atoms with van der Waals surface area (Å²) in [6, 6.07) is 17.6. The number of nitrogens with zero attached hydrogens (tertiary/aromatic N) is 2. The van der Waals surface area contributed by atoms with Crippen LogP contribution in [0.3, 0.4) is 0 Å². The first kappa shape index (κ1) is 21.5. The van der Waals surface area contributed by atoms with Gasteiger partial charge in [0.1, 0.15) is 0 Å². The van der Waals surface area contributed by atoms with Crippen molar-refractivity contribution < 1.29 is 13.2 Å². The third-order valence-corrected chi connectivity index (χ3v) is 8.40. The summed E-state index contributed by atoms with van der Waals surface area (Å²) < 4.78 is 26.6. The zero-order valence-electron chi connectivity index (χ0n) is 16.4. The monoisotopic (exact) mass is 469 g/mol. The summed E-state index contributed by atoms with van der Waals surface area (Å²) in [7, 11) is -3.48. The van der Waals surface area contributed by atoms with Crippen LogP contribution >= 0.6 is 23.1 Å². The normalized spacial score (nSPS) is 11.5. The van der Waals surface area contributed by atoms with Crippen LogP contribution in [0, 0.1) is 0 Å². The van der Waals surface area contributed by atoms with Crippen molar-refractivity contribution in [3.05, 3.63) is 78.6 Å². The standard InChI is InChI=1S/C22H19N3O3S3/c26-21(10-12-31(27,28)18-6-2-1-3-7-18)24-17-8-9-19-20(13-17)30-22(25-19)29-15-16-5-4-11-23-14-16/h1-9,11,13-14H,10,12,15H2,(H,24,26). The van der Waals surface area contributed by atoms with E-state index in [9.17, 15) is 13.2 Å². The molecule has 158 valence electrons. The Morgan fingerprint density at radius 1 is 1.06 bits per heavy atom. The maximum absolute atomic E-state index is 12.3. The van der Waals surface area contributed by atoms with Gasteiger partial charge in [-0.15, -0.1) is 11.3 Å². The minimum Gasteiger partial charge on any atom is -0.326 e. The lowest BCUT2D eigenvalue weighted by atomic mass is 10.3. The Kier molecular flexibility index (Phi) is 6.64. The maximum atomic E-state index is 12.3. The third-order valence-electron chi connectivity index (χ3n) is 4.44. The van der Waals surface area contributed by atoms with Gasteiger partial charge >= 0.3 is 0 Å². The molecule has 2 heterocycles. The number of carbonyl (C=O) groups is 1. The van der Waals surface area contributed by atoms with Crippen molar-refractivity contribution in [2.75, 3.05) is 11.1 Å². The van der Waals surface area contributed by atoms with E-state index in [2.05, 4.69) is 15.3 Å². The van der Waals surface area contributed by atoms with Gasteiger partial charge in [-0.2, -0.15) is 0 Å². The molecule has 2 aromatic carbocycles. The Morgan fingerprint density at radius 2 is 1.90 bits per heavy atom. The molecule has 0 saturated carbocycles. The van der Waals surface area contributed by atoms with E-state index < -0.39 is 9.84 Å². The number of sulfone groups is 1. The molecule has 9 heteroatoms. The molecule has 0 radical (unpaired) electrons. The number of anilines is 1. The smallest absolute Gasteiger partial charge is 0.225 e. The zero-order chi connectivity index (χ0) is 21.7. The molecule has 0 fully saturated rings. The minimum absolute atomic E-state index is 0.107. The maximum Gasteiger partial charge on any atom is 0.225 e. The summed E-state index contributed by atoms with van der Waals surface area (Å²) in [5.41, 5.74) is 2.62. The second-order valence-electron chi connectivity index (χ2n) is 6.74. The highest BCUT2D eigenvalue weighted by Crippen LogP contribution is 2.32. The van der Waals surface area contributed by atoms with Gasteiger partial charge in [-0.05, 0) is 42.0 Å². The molecule has 6 nitrogen and oxygen atoms in total. The molecular weight excluding hydrogens is 450 g/mol. The van der Waals surface area contributed by atoms with Crippen LogP contribution in [0.2, 0.25) is 0 Å². The largest absolute Gasteiger partial charge is 0.326 e. The fraction of sp³-hybridized carbons (Fsp3) is 0.136. The fourth-order valence-electron chi connectivity index (χ4n) is 2.87. The van der Waals surface area contributed by atoms with Crippen LogP contribution in [0.1, 0.15) is 12.0 Å². The lowest BCUT2D eigenvalue weighted by Gasteiger charge is -2.06. The van der Waals surface area contributed by atoms with E-state index in [1.54, 1.807) is 53.6 Å². The first-order valence-corrected chi connectivity index (χ1v) is 12.9. The second-order valence-corrected chi connectivity index (χ2v) is 11.1. The van der Waals surface area contributed by atoms with Crippen molar-refractivity contribution >= 4 is 54.7 Å².